The summed E-state index contributed by atoms with van der Waals surface area (Å²) < 4.78 is 37.8. The minimum Gasteiger partial charge on any atom is -0.496 e. The molecule has 0 radical (unpaired) electrons. The topological polar surface area (TPSA) is 79.4 Å². The minimum absolute atomic E-state index is 0.224. The van der Waals surface area contributed by atoms with Crippen LogP contribution in [0.15, 0.2) is 18.2 Å². The van der Waals surface area contributed by atoms with Crippen molar-refractivity contribution in [3.05, 3.63) is 23.8 Å². The van der Waals surface area contributed by atoms with Crippen LogP contribution >= 0.6 is 0 Å². The van der Waals surface area contributed by atoms with E-state index >= 15 is 0 Å². The first kappa shape index (κ1) is 19.5. The second kappa shape index (κ2) is 8.03. The normalized spacial score (nSPS) is 16.6. The molecule has 0 aromatic heterocycles. The zero-order chi connectivity index (χ0) is 18.6. The van der Waals surface area contributed by atoms with Gasteiger partial charge in [0.15, 0.2) is 0 Å². The number of nitrogens with zero attached hydrogens (tertiary/aromatic N) is 3. The quantitative estimate of drug-likeness (QED) is 0.760. The predicted molar refractivity (Wildman–Crippen MR) is 94.2 cm³/mol. The summed E-state index contributed by atoms with van der Waals surface area (Å²) in [6.45, 7) is 1.42. The van der Waals surface area contributed by atoms with Crippen LogP contribution in [0, 0.1) is 0 Å². The fraction of sp³-hybridized carbons (Fsp3) is 0.562. The highest BCUT2D eigenvalue weighted by Gasteiger charge is 2.30. The Morgan fingerprint density at radius 2 is 1.64 bits per heavy atom. The van der Waals surface area contributed by atoms with Crippen LogP contribution in [0.4, 0.5) is 0 Å². The Kier molecular flexibility index (Phi) is 6.26. The first-order valence-electron chi connectivity index (χ1n) is 8.00. The van der Waals surface area contributed by atoms with E-state index in [1.165, 1.54) is 36.9 Å². The number of amides is 1. The van der Waals surface area contributed by atoms with Crippen molar-refractivity contribution in [1.82, 2.24) is 13.5 Å². The van der Waals surface area contributed by atoms with Gasteiger partial charge in [0.25, 0.3) is 16.1 Å². The molecular formula is C16H25N3O5S. The summed E-state index contributed by atoms with van der Waals surface area (Å²) >= 11 is 0. The largest absolute Gasteiger partial charge is 0.496 e. The van der Waals surface area contributed by atoms with E-state index in [1.807, 2.05) is 0 Å². The molecule has 0 N–H and O–H groups in total. The standard InChI is InChI=1S/C16H25N3O5S/c1-17(2)25(21,22)19-10-6-9-18(11-12-19)16(20)15-13(23-3)7-5-8-14(15)24-4/h5,7-8H,6,9-12H2,1-4H3. The van der Waals surface area contributed by atoms with Gasteiger partial charge < -0.3 is 14.4 Å². The zero-order valence-corrected chi connectivity index (χ0v) is 15.9. The van der Waals surface area contributed by atoms with Gasteiger partial charge in [-0.05, 0) is 18.6 Å². The molecule has 0 spiro atoms. The molecule has 9 heteroatoms. The molecule has 140 valence electrons. The maximum Gasteiger partial charge on any atom is 0.281 e. The predicted octanol–water partition coefficient (Wildman–Crippen LogP) is 0.658. The monoisotopic (exact) mass is 371 g/mol. The summed E-state index contributed by atoms with van der Waals surface area (Å²) in [6, 6.07) is 5.16. The number of hydrogen-bond donors (Lipinski definition) is 0. The fourth-order valence-corrected chi connectivity index (χ4v) is 3.91. The summed E-state index contributed by atoms with van der Waals surface area (Å²) in [5.41, 5.74) is 0.358. The Labute approximate surface area is 149 Å². The van der Waals surface area contributed by atoms with Crippen molar-refractivity contribution >= 4 is 16.1 Å². The molecule has 1 aromatic carbocycles. The molecule has 1 aliphatic heterocycles. The first-order chi connectivity index (χ1) is 11.8. The van der Waals surface area contributed by atoms with Gasteiger partial charge in [-0.25, -0.2) is 0 Å². The molecule has 25 heavy (non-hydrogen) atoms. The lowest BCUT2D eigenvalue weighted by molar-refractivity contribution is 0.0757. The third-order valence-corrected chi connectivity index (χ3v) is 6.11. The van der Waals surface area contributed by atoms with Crippen LogP contribution in [0.5, 0.6) is 11.5 Å². The number of rotatable bonds is 5. The van der Waals surface area contributed by atoms with Gasteiger partial charge in [0, 0.05) is 40.3 Å². The number of carbonyl (C=O) groups excluding carboxylic acids is 1. The van der Waals surface area contributed by atoms with Crippen molar-refractivity contribution in [2.45, 2.75) is 6.42 Å². The van der Waals surface area contributed by atoms with Crippen LogP contribution in [0.1, 0.15) is 16.8 Å². The molecule has 0 atom stereocenters. The molecule has 0 bridgehead atoms. The maximum atomic E-state index is 13.0. The SMILES string of the molecule is COc1cccc(OC)c1C(=O)N1CCCN(S(=O)(=O)N(C)C)CC1. The van der Waals surface area contributed by atoms with E-state index in [-0.39, 0.29) is 12.5 Å². The lowest BCUT2D eigenvalue weighted by Crippen LogP contribution is -2.42. The Morgan fingerprint density at radius 3 is 2.16 bits per heavy atom. The summed E-state index contributed by atoms with van der Waals surface area (Å²) in [5.74, 6) is 0.649. The third kappa shape index (κ3) is 4.05. The average molecular weight is 371 g/mol. The van der Waals surface area contributed by atoms with Crippen LogP contribution in [0.3, 0.4) is 0 Å². The van der Waals surface area contributed by atoms with Crippen molar-refractivity contribution in [3.63, 3.8) is 0 Å². The highest BCUT2D eigenvalue weighted by molar-refractivity contribution is 7.86. The molecule has 1 fully saturated rings. The van der Waals surface area contributed by atoms with Crippen LogP contribution in [0.2, 0.25) is 0 Å². The van der Waals surface area contributed by atoms with Gasteiger partial charge in [0.1, 0.15) is 17.1 Å². The molecular weight excluding hydrogens is 346 g/mol. The molecule has 1 amide bonds. The van der Waals surface area contributed by atoms with Crippen molar-refractivity contribution < 1.29 is 22.7 Å². The van der Waals surface area contributed by atoms with Crippen molar-refractivity contribution in [2.75, 3.05) is 54.5 Å². The van der Waals surface area contributed by atoms with Gasteiger partial charge in [-0.1, -0.05) is 6.07 Å². The van der Waals surface area contributed by atoms with E-state index in [0.29, 0.717) is 43.1 Å². The smallest absolute Gasteiger partial charge is 0.281 e. The van der Waals surface area contributed by atoms with Crippen molar-refractivity contribution in [2.24, 2.45) is 0 Å². The summed E-state index contributed by atoms with van der Waals surface area (Å²) in [4.78, 5) is 14.6. The maximum absolute atomic E-state index is 13.0. The Bertz CT molecular complexity index is 698. The molecule has 1 saturated heterocycles. The number of hydrogen-bond acceptors (Lipinski definition) is 5. The lowest BCUT2D eigenvalue weighted by atomic mass is 10.1. The van der Waals surface area contributed by atoms with E-state index < -0.39 is 10.2 Å². The van der Waals surface area contributed by atoms with Gasteiger partial charge in [-0.3, -0.25) is 4.79 Å². The molecule has 0 aliphatic carbocycles. The van der Waals surface area contributed by atoms with Gasteiger partial charge in [0.05, 0.1) is 14.2 Å². The number of carbonyl (C=O) groups is 1. The number of methoxy groups -OCH3 is 2. The Morgan fingerprint density at radius 1 is 1.04 bits per heavy atom. The first-order valence-corrected chi connectivity index (χ1v) is 9.40. The molecule has 2 rings (SSSR count). The molecule has 1 heterocycles. The molecule has 1 aromatic rings. The summed E-state index contributed by atoms with van der Waals surface area (Å²) in [7, 11) is 2.52. The third-order valence-electron chi connectivity index (χ3n) is 4.17. The van der Waals surface area contributed by atoms with Crippen LogP contribution < -0.4 is 9.47 Å². The number of ether oxygens (including phenoxy) is 2. The van der Waals surface area contributed by atoms with Gasteiger partial charge in [-0.2, -0.15) is 17.0 Å². The average Bonchev–Trinajstić information content (AvgIpc) is 2.86. The summed E-state index contributed by atoms with van der Waals surface area (Å²) in [5, 5.41) is 0. The van der Waals surface area contributed by atoms with Crippen molar-refractivity contribution in [1.29, 1.82) is 0 Å². The van der Waals surface area contributed by atoms with Crippen molar-refractivity contribution in [3.8, 4) is 11.5 Å². The highest BCUT2D eigenvalue weighted by Crippen LogP contribution is 2.30. The number of benzene rings is 1. The molecule has 1 aliphatic rings. The fourth-order valence-electron chi connectivity index (χ4n) is 2.78. The minimum atomic E-state index is -3.48. The van der Waals surface area contributed by atoms with E-state index in [1.54, 1.807) is 23.1 Å². The van der Waals surface area contributed by atoms with E-state index in [2.05, 4.69) is 0 Å². The molecule has 0 unspecified atom stereocenters. The van der Waals surface area contributed by atoms with Gasteiger partial charge in [0.2, 0.25) is 0 Å². The van der Waals surface area contributed by atoms with Crippen LogP contribution in [-0.2, 0) is 10.2 Å². The van der Waals surface area contributed by atoms with Gasteiger partial charge in [-0.15, -0.1) is 0 Å². The summed E-state index contributed by atoms with van der Waals surface area (Å²) in [6.07, 6.45) is 0.566. The van der Waals surface area contributed by atoms with Crippen LogP contribution in [-0.4, -0.2) is 82.3 Å². The second-order valence-corrected chi connectivity index (χ2v) is 8.01. The molecule has 0 saturated carbocycles. The molecule has 8 nitrogen and oxygen atoms in total. The van der Waals surface area contributed by atoms with Crippen LogP contribution in [0.25, 0.3) is 0 Å². The second-order valence-electron chi connectivity index (χ2n) is 5.87. The Balaban J connectivity index is 2.23. The van der Waals surface area contributed by atoms with E-state index in [9.17, 15) is 13.2 Å². The Hall–Kier alpha value is -1.84. The zero-order valence-electron chi connectivity index (χ0n) is 15.1. The highest BCUT2D eigenvalue weighted by atomic mass is 32.2. The van der Waals surface area contributed by atoms with Gasteiger partial charge >= 0.3 is 0 Å². The van der Waals surface area contributed by atoms with E-state index in [4.69, 9.17) is 9.47 Å². The van der Waals surface area contributed by atoms with E-state index in [0.717, 1.165) is 0 Å². The lowest BCUT2D eigenvalue weighted by Gasteiger charge is -2.25.